The van der Waals surface area contributed by atoms with Crippen LogP contribution in [0.15, 0.2) is 17.0 Å². The summed E-state index contributed by atoms with van der Waals surface area (Å²) in [4.78, 5) is 7.83. The van der Waals surface area contributed by atoms with Crippen LogP contribution in [0.2, 0.25) is 0 Å². The largest absolute Gasteiger partial charge is 0.458 e. The summed E-state index contributed by atoms with van der Waals surface area (Å²) in [6.07, 6.45) is -1.38. The Labute approximate surface area is 107 Å². The van der Waals surface area contributed by atoms with E-state index in [0.717, 1.165) is 0 Å². The maximum Gasteiger partial charge on any atom is 0.194 e. The van der Waals surface area contributed by atoms with E-state index in [9.17, 15) is 10.2 Å². The summed E-state index contributed by atoms with van der Waals surface area (Å²) in [6.45, 7) is -0.387. The zero-order valence-corrected chi connectivity index (χ0v) is 9.80. The fourth-order valence-electron chi connectivity index (χ4n) is 2.25. The van der Waals surface area contributed by atoms with Crippen LogP contribution in [0.5, 0.6) is 0 Å². The second-order valence-electron chi connectivity index (χ2n) is 4.39. The lowest BCUT2D eigenvalue weighted by Crippen LogP contribution is -2.32. The van der Waals surface area contributed by atoms with Gasteiger partial charge in [-0.25, -0.2) is 9.97 Å². The van der Waals surface area contributed by atoms with Crippen LogP contribution in [0.3, 0.4) is 0 Å². The predicted molar refractivity (Wildman–Crippen MR) is 62.9 cm³/mol. The quantitative estimate of drug-likeness (QED) is 0.542. The first kappa shape index (κ1) is 12.3. The van der Waals surface area contributed by atoms with E-state index in [4.69, 9.17) is 20.0 Å². The smallest absolute Gasteiger partial charge is 0.194 e. The fourth-order valence-corrected chi connectivity index (χ4v) is 2.25. The Morgan fingerprint density at radius 3 is 2.74 bits per heavy atom. The molecule has 19 heavy (non-hydrogen) atoms. The third-order valence-electron chi connectivity index (χ3n) is 3.26. The van der Waals surface area contributed by atoms with Crippen molar-refractivity contribution in [2.24, 2.45) is 0 Å². The zero-order valence-electron chi connectivity index (χ0n) is 9.80. The molecule has 8 heteroatoms. The number of nitrogens with zero attached hydrogens (tertiary/aromatic N) is 2. The molecule has 1 saturated heterocycles. The molecule has 0 saturated carbocycles. The van der Waals surface area contributed by atoms with E-state index in [2.05, 4.69) is 9.97 Å². The van der Waals surface area contributed by atoms with Gasteiger partial charge in [0.05, 0.1) is 12.9 Å². The van der Waals surface area contributed by atoms with Crippen molar-refractivity contribution in [3.8, 4) is 0 Å². The third kappa shape index (κ3) is 1.77. The molecule has 1 fully saturated rings. The average Bonchev–Trinajstić information content (AvgIpc) is 2.94. The van der Waals surface area contributed by atoms with Crippen molar-refractivity contribution >= 4 is 16.9 Å². The van der Waals surface area contributed by atoms with Gasteiger partial charge in [-0.3, -0.25) is 0 Å². The molecule has 102 valence electrons. The highest BCUT2D eigenvalue weighted by molar-refractivity contribution is 5.85. The molecule has 1 aliphatic heterocycles. The van der Waals surface area contributed by atoms with Crippen molar-refractivity contribution in [1.29, 1.82) is 0 Å². The van der Waals surface area contributed by atoms with Gasteiger partial charge in [-0.05, 0) is 0 Å². The summed E-state index contributed by atoms with van der Waals surface area (Å²) in [6, 6.07) is 0. The monoisotopic (exact) mass is 267 g/mol. The molecule has 4 unspecified atom stereocenters. The van der Waals surface area contributed by atoms with Gasteiger partial charge in [0, 0.05) is 5.56 Å². The molecule has 0 amide bonds. The number of aliphatic hydroxyl groups excluding tert-OH is 3. The van der Waals surface area contributed by atoms with Crippen molar-refractivity contribution in [1.82, 2.24) is 9.97 Å². The Balaban J connectivity index is 2.04. The molecule has 2 aromatic rings. The van der Waals surface area contributed by atoms with Gasteiger partial charge in [-0.2, -0.15) is 0 Å². The molecular formula is C11H13N3O5. The van der Waals surface area contributed by atoms with Gasteiger partial charge in [0.15, 0.2) is 11.4 Å². The minimum Gasteiger partial charge on any atom is -0.458 e. The number of fused-ring (bicyclic) bond motifs is 1. The minimum absolute atomic E-state index is 0.183. The highest BCUT2D eigenvalue weighted by Gasteiger charge is 2.44. The molecule has 4 atom stereocenters. The third-order valence-corrected chi connectivity index (χ3v) is 3.26. The second-order valence-corrected chi connectivity index (χ2v) is 4.39. The Morgan fingerprint density at radius 1 is 1.26 bits per heavy atom. The lowest BCUT2D eigenvalue weighted by Gasteiger charge is -2.12. The fraction of sp³-hybridized carbons (Fsp3) is 0.455. The van der Waals surface area contributed by atoms with Crippen LogP contribution in [0.1, 0.15) is 11.7 Å². The number of aromatic nitrogens is 2. The Hall–Kier alpha value is -1.74. The number of anilines is 1. The number of hydrogen-bond acceptors (Lipinski definition) is 8. The average molecular weight is 267 g/mol. The molecule has 2 aromatic heterocycles. The van der Waals surface area contributed by atoms with Crippen LogP contribution >= 0.6 is 0 Å². The van der Waals surface area contributed by atoms with Gasteiger partial charge in [0.2, 0.25) is 0 Å². The van der Waals surface area contributed by atoms with Crippen LogP contribution < -0.4 is 5.73 Å². The number of furan rings is 1. The number of aliphatic hydroxyl groups is 3. The summed E-state index contributed by atoms with van der Waals surface area (Å²) in [7, 11) is 0. The highest BCUT2D eigenvalue weighted by Crippen LogP contribution is 2.37. The van der Waals surface area contributed by atoms with E-state index in [1.807, 2.05) is 0 Å². The second kappa shape index (κ2) is 4.42. The molecular weight excluding hydrogens is 254 g/mol. The van der Waals surface area contributed by atoms with Crippen molar-refractivity contribution < 1.29 is 24.5 Å². The van der Waals surface area contributed by atoms with Crippen LogP contribution in [0.4, 0.5) is 5.82 Å². The van der Waals surface area contributed by atoms with Crippen LogP contribution in [-0.4, -0.2) is 50.2 Å². The highest BCUT2D eigenvalue weighted by atomic mass is 16.6. The van der Waals surface area contributed by atoms with Gasteiger partial charge in [0.1, 0.15) is 36.3 Å². The van der Waals surface area contributed by atoms with E-state index in [0.29, 0.717) is 16.7 Å². The molecule has 0 bridgehead atoms. The van der Waals surface area contributed by atoms with Crippen molar-refractivity contribution in [2.45, 2.75) is 24.4 Å². The van der Waals surface area contributed by atoms with E-state index in [1.54, 1.807) is 0 Å². The number of nitrogen functional groups attached to an aromatic ring is 1. The van der Waals surface area contributed by atoms with Gasteiger partial charge in [-0.15, -0.1) is 0 Å². The summed E-state index contributed by atoms with van der Waals surface area (Å²) in [5, 5.41) is 28.7. The van der Waals surface area contributed by atoms with Gasteiger partial charge >= 0.3 is 0 Å². The minimum atomic E-state index is -1.17. The van der Waals surface area contributed by atoms with Crippen molar-refractivity contribution in [2.75, 3.05) is 12.3 Å². The SMILES string of the molecule is Nc1ncnc2c(C3OC(CO)C(O)C3O)coc12. The maximum atomic E-state index is 9.96. The van der Waals surface area contributed by atoms with Crippen molar-refractivity contribution in [3.05, 3.63) is 18.2 Å². The summed E-state index contributed by atoms with van der Waals surface area (Å²) in [5.74, 6) is 0.183. The molecule has 0 radical (unpaired) electrons. The Bertz CT molecular complexity index is 601. The molecule has 3 rings (SSSR count). The van der Waals surface area contributed by atoms with Crippen LogP contribution in [-0.2, 0) is 4.74 Å². The summed E-state index contributed by atoms with van der Waals surface area (Å²) in [5.41, 5.74) is 6.83. The summed E-state index contributed by atoms with van der Waals surface area (Å²) >= 11 is 0. The Kier molecular flexibility index (Phi) is 2.86. The maximum absolute atomic E-state index is 9.96. The Morgan fingerprint density at radius 2 is 2.05 bits per heavy atom. The van der Waals surface area contributed by atoms with Gasteiger partial charge in [-0.1, -0.05) is 0 Å². The standard InChI is InChI=1S/C11H13N3O5/c12-11-10-6(13-3-14-11)4(2-18-10)9-8(17)7(16)5(1-15)19-9/h2-3,5,7-9,15-17H,1H2,(H2,12,13,14). The number of nitrogens with two attached hydrogens (primary N) is 1. The number of hydrogen-bond donors (Lipinski definition) is 4. The molecule has 1 aliphatic rings. The molecule has 3 heterocycles. The van der Waals surface area contributed by atoms with E-state index < -0.39 is 24.4 Å². The number of ether oxygens (including phenoxy) is 1. The van der Waals surface area contributed by atoms with Gasteiger partial charge in [0.25, 0.3) is 0 Å². The summed E-state index contributed by atoms with van der Waals surface area (Å²) < 4.78 is 10.7. The molecule has 5 N–H and O–H groups in total. The van der Waals surface area contributed by atoms with Crippen molar-refractivity contribution in [3.63, 3.8) is 0 Å². The molecule has 8 nitrogen and oxygen atoms in total. The molecule has 0 aromatic carbocycles. The first-order valence-electron chi connectivity index (χ1n) is 5.73. The first-order valence-corrected chi connectivity index (χ1v) is 5.73. The topological polar surface area (TPSA) is 135 Å². The van der Waals surface area contributed by atoms with E-state index in [-0.39, 0.29) is 12.4 Å². The number of rotatable bonds is 2. The van der Waals surface area contributed by atoms with Crippen LogP contribution in [0.25, 0.3) is 11.1 Å². The van der Waals surface area contributed by atoms with Crippen LogP contribution in [0, 0.1) is 0 Å². The predicted octanol–water partition coefficient (Wildman–Crippen LogP) is -1.04. The lowest BCUT2D eigenvalue weighted by molar-refractivity contribution is -0.0226. The first-order chi connectivity index (χ1) is 9.13. The van der Waals surface area contributed by atoms with E-state index in [1.165, 1.54) is 12.6 Å². The molecule has 0 aliphatic carbocycles. The zero-order chi connectivity index (χ0) is 13.6. The molecule has 0 spiro atoms. The lowest BCUT2D eigenvalue weighted by atomic mass is 10.0. The van der Waals surface area contributed by atoms with Gasteiger partial charge < -0.3 is 30.2 Å². The normalized spacial score (nSPS) is 31.1. The van der Waals surface area contributed by atoms with E-state index >= 15 is 0 Å².